The van der Waals surface area contributed by atoms with Gasteiger partial charge in [-0.1, -0.05) is 69.7 Å². The van der Waals surface area contributed by atoms with E-state index in [2.05, 4.69) is 82.9 Å². The molecule has 0 amide bonds. The Morgan fingerprint density at radius 3 is 1.95 bits per heavy atom. The summed E-state index contributed by atoms with van der Waals surface area (Å²) in [6.07, 6.45) is 3.04. The second kappa shape index (κ2) is 5.56. The number of hydrogen-bond donors (Lipinski definition) is 0. The normalized spacial score (nSPS) is 12.6. The lowest BCUT2D eigenvalue weighted by atomic mass is 10.2. The van der Waals surface area contributed by atoms with Gasteiger partial charge in [0, 0.05) is 0 Å². The number of rotatable bonds is 2. The summed E-state index contributed by atoms with van der Waals surface area (Å²) < 4.78 is 5.96. The van der Waals surface area contributed by atoms with Crippen molar-refractivity contribution >= 4 is 21.6 Å². The third-order valence-electron chi connectivity index (χ3n) is 4.01. The Hall–Kier alpha value is -0.986. The van der Waals surface area contributed by atoms with Crippen molar-refractivity contribution in [1.29, 1.82) is 0 Å². The zero-order valence-corrected chi connectivity index (χ0v) is 15.3. The predicted molar refractivity (Wildman–Crippen MR) is 89.6 cm³/mol. The minimum Gasteiger partial charge on any atom is -0.496 e. The molecular formula is C16H26OSi2. The van der Waals surface area contributed by atoms with Gasteiger partial charge < -0.3 is 4.43 Å². The molecule has 0 N–H and O–H groups in total. The van der Waals surface area contributed by atoms with Crippen LogP contribution in [-0.2, 0) is 4.43 Å². The molecule has 1 rings (SSSR count). The quantitative estimate of drug-likeness (QED) is 0.588. The highest BCUT2D eigenvalue weighted by atomic mass is 28.4. The lowest BCUT2D eigenvalue weighted by molar-refractivity contribution is 0.526. The first-order valence-corrected chi connectivity index (χ1v) is 12.7. The summed E-state index contributed by atoms with van der Waals surface area (Å²) in [7, 11) is -3.46. The standard InChI is InChI=1S/C16H26OSi2/c1-16(2,3)18(4,5)14-13-17-19(6,7)15-11-9-8-10-12-15/h8-12H,1-7H3. The highest BCUT2D eigenvalue weighted by molar-refractivity contribution is 6.88. The van der Waals surface area contributed by atoms with Crippen LogP contribution < -0.4 is 5.19 Å². The molecule has 0 aliphatic heterocycles. The van der Waals surface area contributed by atoms with Crippen molar-refractivity contribution in [3.05, 3.63) is 30.3 Å². The summed E-state index contributed by atoms with van der Waals surface area (Å²) in [5.41, 5.74) is 3.43. The molecule has 3 heteroatoms. The van der Waals surface area contributed by atoms with E-state index < -0.39 is 16.4 Å². The van der Waals surface area contributed by atoms with Crippen LogP contribution in [-0.4, -0.2) is 16.4 Å². The van der Waals surface area contributed by atoms with Crippen LogP contribution in [0.1, 0.15) is 20.8 Å². The molecule has 0 heterocycles. The molecule has 0 fully saturated rings. The van der Waals surface area contributed by atoms with E-state index in [4.69, 9.17) is 4.43 Å². The lowest BCUT2D eigenvalue weighted by Crippen LogP contribution is -2.43. The first-order chi connectivity index (χ1) is 8.56. The molecule has 0 aliphatic rings. The summed E-state index contributed by atoms with van der Waals surface area (Å²) in [4.78, 5) is 0. The maximum absolute atomic E-state index is 5.96. The van der Waals surface area contributed by atoms with Crippen molar-refractivity contribution in [2.45, 2.75) is 52.0 Å². The second-order valence-corrected chi connectivity index (χ2v) is 15.9. The van der Waals surface area contributed by atoms with Gasteiger partial charge in [-0.25, -0.2) is 0 Å². The van der Waals surface area contributed by atoms with E-state index in [1.54, 1.807) is 0 Å². The highest BCUT2D eigenvalue weighted by Crippen LogP contribution is 2.35. The van der Waals surface area contributed by atoms with Gasteiger partial charge in [0.05, 0.1) is 6.11 Å². The maximum Gasteiger partial charge on any atom is 0.289 e. The highest BCUT2D eigenvalue weighted by Gasteiger charge is 2.34. The molecule has 0 saturated heterocycles. The van der Waals surface area contributed by atoms with Crippen LogP contribution in [0.4, 0.5) is 0 Å². The van der Waals surface area contributed by atoms with E-state index in [0.29, 0.717) is 0 Å². The Morgan fingerprint density at radius 2 is 1.47 bits per heavy atom. The van der Waals surface area contributed by atoms with Gasteiger partial charge in [0.15, 0.2) is 0 Å². The minimum absolute atomic E-state index is 0.280. The van der Waals surface area contributed by atoms with Crippen molar-refractivity contribution in [3.63, 3.8) is 0 Å². The fourth-order valence-electron chi connectivity index (χ4n) is 1.37. The molecule has 0 atom stereocenters. The van der Waals surface area contributed by atoms with Crippen molar-refractivity contribution in [2.24, 2.45) is 0 Å². The van der Waals surface area contributed by atoms with Crippen LogP contribution in [0.2, 0.25) is 31.2 Å². The van der Waals surface area contributed by atoms with Crippen molar-refractivity contribution in [3.8, 4) is 11.7 Å². The van der Waals surface area contributed by atoms with Crippen LogP contribution >= 0.6 is 0 Å². The average molecular weight is 291 g/mol. The summed E-state index contributed by atoms with van der Waals surface area (Å²) in [6.45, 7) is 15.8. The molecule has 0 unspecified atom stereocenters. The zero-order valence-electron chi connectivity index (χ0n) is 13.3. The fourth-order valence-corrected chi connectivity index (χ4v) is 3.57. The molecule has 0 aromatic heterocycles. The van der Waals surface area contributed by atoms with Crippen molar-refractivity contribution < 1.29 is 4.43 Å². The van der Waals surface area contributed by atoms with Crippen LogP contribution in [0.3, 0.4) is 0 Å². The monoisotopic (exact) mass is 290 g/mol. The average Bonchev–Trinajstić information content (AvgIpc) is 2.28. The molecule has 1 aromatic carbocycles. The molecule has 19 heavy (non-hydrogen) atoms. The van der Waals surface area contributed by atoms with Gasteiger partial charge in [-0.15, -0.1) is 0 Å². The molecule has 0 bridgehead atoms. The van der Waals surface area contributed by atoms with Crippen LogP contribution in [0, 0.1) is 11.7 Å². The van der Waals surface area contributed by atoms with Crippen molar-refractivity contribution in [1.82, 2.24) is 0 Å². The molecule has 0 saturated carbocycles. The lowest BCUT2D eigenvalue weighted by Gasteiger charge is -2.31. The minimum atomic E-state index is -1.89. The van der Waals surface area contributed by atoms with Gasteiger partial charge in [0.1, 0.15) is 8.07 Å². The van der Waals surface area contributed by atoms with Gasteiger partial charge in [-0.05, 0) is 23.3 Å². The summed E-state index contributed by atoms with van der Waals surface area (Å²) in [5, 5.41) is 1.57. The molecular weight excluding hydrogens is 264 g/mol. The zero-order chi connectivity index (χ0) is 14.7. The Bertz CT molecular complexity index is 473. The first-order valence-electron chi connectivity index (χ1n) is 6.82. The van der Waals surface area contributed by atoms with Gasteiger partial charge in [0.2, 0.25) is 0 Å². The smallest absolute Gasteiger partial charge is 0.289 e. The topological polar surface area (TPSA) is 9.23 Å². The Kier molecular flexibility index (Phi) is 4.70. The Morgan fingerprint density at radius 1 is 0.947 bits per heavy atom. The van der Waals surface area contributed by atoms with Gasteiger partial charge in [0.25, 0.3) is 8.32 Å². The SMILES string of the molecule is CC(C)(C)[Si](C)(C)C#CO[Si](C)(C)c1ccccc1. The van der Waals surface area contributed by atoms with E-state index >= 15 is 0 Å². The van der Waals surface area contributed by atoms with Crippen LogP contribution in [0.15, 0.2) is 30.3 Å². The third-order valence-corrected chi connectivity index (χ3v) is 10.8. The third kappa shape index (κ3) is 4.26. The molecule has 0 radical (unpaired) electrons. The fraction of sp³-hybridized carbons (Fsp3) is 0.500. The van der Waals surface area contributed by atoms with Crippen LogP contribution in [0.25, 0.3) is 0 Å². The summed E-state index contributed by atoms with van der Waals surface area (Å²) in [5.74, 6) is 0. The van der Waals surface area contributed by atoms with E-state index in [-0.39, 0.29) is 5.04 Å². The summed E-state index contributed by atoms with van der Waals surface area (Å²) in [6, 6.07) is 10.4. The maximum atomic E-state index is 5.96. The van der Waals surface area contributed by atoms with Crippen LogP contribution in [0.5, 0.6) is 0 Å². The van der Waals surface area contributed by atoms with Gasteiger partial charge in [-0.2, -0.15) is 0 Å². The second-order valence-electron chi connectivity index (χ2n) is 7.08. The number of benzene rings is 1. The Labute approximate surface area is 120 Å². The predicted octanol–water partition coefficient (Wildman–Crippen LogP) is 4.12. The number of hydrogen-bond acceptors (Lipinski definition) is 1. The first kappa shape index (κ1) is 16.1. The molecule has 104 valence electrons. The van der Waals surface area contributed by atoms with E-state index in [1.165, 1.54) is 5.19 Å². The summed E-state index contributed by atoms with van der Waals surface area (Å²) >= 11 is 0. The molecule has 0 spiro atoms. The van der Waals surface area contributed by atoms with Crippen molar-refractivity contribution in [2.75, 3.05) is 0 Å². The van der Waals surface area contributed by atoms with E-state index in [1.807, 2.05) is 6.07 Å². The van der Waals surface area contributed by atoms with E-state index in [0.717, 1.165) is 0 Å². The Balaban J connectivity index is 2.83. The molecule has 1 aromatic rings. The molecule has 0 aliphatic carbocycles. The van der Waals surface area contributed by atoms with E-state index in [9.17, 15) is 0 Å². The van der Waals surface area contributed by atoms with Gasteiger partial charge >= 0.3 is 0 Å². The molecule has 1 nitrogen and oxygen atoms in total. The van der Waals surface area contributed by atoms with Gasteiger partial charge in [-0.3, -0.25) is 0 Å². The largest absolute Gasteiger partial charge is 0.496 e.